The molecule has 0 amide bonds. The molecule has 0 bridgehead atoms. The molecule has 1 fully saturated rings. The van der Waals surface area contributed by atoms with Gasteiger partial charge in [0.2, 0.25) is 10.0 Å². The van der Waals surface area contributed by atoms with Crippen LogP contribution >= 0.6 is 0 Å². The summed E-state index contributed by atoms with van der Waals surface area (Å²) < 4.78 is 31.9. The third-order valence-corrected chi connectivity index (χ3v) is 5.24. The molecule has 0 unspecified atom stereocenters. The minimum Gasteiger partial charge on any atom is -0.497 e. The van der Waals surface area contributed by atoms with Crippen LogP contribution in [0.3, 0.4) is 0 Å². The highest BCUT2D eigenvalue weighted by Gasteiger charge is 2.14. The summed E-state index contributed by atoms with van der Waals surface area (Å²) in [5, 5.41) is 0. The van der Waals surface area contributed by atoms with Crippen molar-refractivity contribution in [3.63, 3.8) is 0 Å². The van der Waals surface area contributed by atoms with E-state index in [4.69, 9.17) is 4.74 Å². The Bertz CT molecular complexity index is 522. The fraction of sp³-hybridized carbons (Fsp3) is 0.600. The molecule has 1 saturated heterocycles. The highest BCUT2D eigenvalue weighted by atomic mass is 32.2. The van der Waals surface area contributed by atoms with Crippen molar-refractivity contribution in [1.29, 1.82) is 0 Å². The predicted octanol–water partition coefficient (Wildman–Crippen LogP) is 1.85. The SMILES string of the molecule is COc1ccc(S(=O)(=O)NCCCCN2CCCC2)cc1. The van der Waals surface area contributed by atoms with E-state index >= 15 is 0 Å². The molecule has 0 radical (unpaired) electrons. The fourth-order valence-corrected chi connectivity index (χ4v) is 3.59. The Labute approximate surface area is 127 Å². The van der Waals surface area contributed by atoms with E-state index in [9.17, 15) is 8.42 Å². The standard InChI is InChI=1S/C15H24N2O3S/c1-20-14-6-8-15(9-7-14)21(18,19)16-10-2-3-11-17-12-4-5-13-17/h6-9,16H,2-5,10-13H2,1H3. The van der Waals surface area contributed by atoms with Gasteiger partial charge in [-0.3, -0.25) is 0 Å². The first kappa shape index (κ1) is 16.3. The summed E-state index contributed by atoms with van der Waals surface area (Å²) in [7, 11) is -1.85. The van der Waals surface area contributed by atoms with Crippen molar-refractivity contribution in [2.24, 2.45) is 0 Å². The number of hydrogen-bond acceptors (Lipinski definition) is 4. The zero-order valence-corrected chi connectivity index (χ0v) is 13.4. The largest absolute Gasteiger partial charge is 0.497 e. The molecular weight excluding hydrogens is 288 g/mol. The number of benzene rings is 1. The lowest BCUT2D eigenvalue weighted by Crippen LogP contribution is -2.26. The molecule has 5 nitrogen and oxygen atoms in total. The number of rotatable bonds is 8. The molecule has 1 aliphatic heterocycles. The number of nitrogens with zero attached hydrogens (tertiary/aromatic N) is 1. The number of sulfonamides is 1. The highest BCUT2D eigenvalue weighted by molar-refractivity contribution is 7.89. The summed E-state index contributed by atoms with van der Waals surface area (Å²) in [5.74, 6) is 0.652. The molecular formula is C15H24N2O3S. The van der Waals surface area contributed by atoms with Crippen molar-refractivity contribution in [2.45, 2.75) is 30.6 Å². The smallest absolute Gasteiger partial charge is 0.240 e. The van der Waals surface area contributed by atoms with Gasteiger partial charge >= 0.3 is 0 Å². The molecule has 1 aliphatic rings. The summed E-state index contributed by atoms with van der Waals surface area (Å²) in [6.07, 6.45) is 4.49. The van der Waals surface area contributed by atoms with Crippen LogP contribution in [0.4, 0.5) is 0 Å². The lowest BCUT2D eigenvalue weighted by molar-refractivity contribution is 0.330. The molecule has 6 heteroatoms. The molecule has 1 aromatic carbocycles. The Hall–Kier alpha value is -1.11. The maximum atomic E-state index is 12.1. The van der Waals surface area contributed by atoms with Gasteiger partial charge in [-0.15, -0.1) is 0 Å². The maximum Gasteiger partial charge on any atom is 0.240 e. The zero-order valence-electron chi connectivity index (χ0n) is 12.5. The van der Waals surface area contributed by atoms with E-state index in [0.29, 0.717) is 12.3 Å². The summed E-state index contributed by atoms with van der Waals surface area (Å²) in [4.78, 5) is 2.72. The Morgan fingerprint density at radius 1 is 1.14 bits per heavy atom. The lowest BCUT2D eigenvalue weighted by Gasteiger charge is -2.14. The summed E-state index contributed by atoms with van der Waals surface area (Å²) in [6.45, 7) is 3.95. The zero-order chi connectivity index (χ0) is 15.1. The van der Waals surface area contributed by atoms with Crippen LogP contribution < -0.4 is 9.46 Å². The van der Waals surface area contributed by atoms with E-state index in [1.54, 1.807) is 31.4 Å². The van der Waals surface area contributed by atoms with Crippen LogP contribution in [0.5, 0.6) is 5.75 Å². The minimum atomic E-state index is -3.40. The summed E-state index contributed by atoms with van der Waals surface area (Å²) in [6, 6.07) is 6.43. The molecule has 21 heavy (non-hydrogen) atoms. The number of methoxy groups -OCH3 is 1. The first-order chi connectivity index (χ1) is 10.1. The first-order valence-electron chi connectivity index (χ1n) is 7.48. The van der Waals surface area contributed by atoms with Crippen LogP contribution in [-0.4, -0.2) is 46.6 Å². The molecule has 2 rings (SSSR count). The minimum absolute atomic E-state index is 0.280. The predicted molar refractivity (Wildman–Crippen MR) is 83.1 cm³/mol. The monoisotopic (exact) mass is 312 g/mol. The fourth-order valence-electron chi connectivity index (χ4n) is 2.51. The lowest BCUT2D eigenvalue weighted by atomic mass is 10.3. The number of hydrogen-bond donors (Lipinski definition) is 1. The normalized spacial score (nSPS) is 16.2. The van der Waals surface area contributed by atoms with Gasteiger partial charge in [0.05, 0.1) is 12.0 Å². The van der Waals surface area contributed by atoms with Gasteiger partial charge in [-0.25, -0.2) is 13.1 Å². The molecule has 0 atom stereocenters. The van der Waals surface area contributed by atoms with Crippen LogP contribution in [-0.2, 0) is 10.0 Å². The second-order valence-electron chi connectivity index (χ2n) is 5.33. The van der Waals surface area contributed by atoms with E-state index < -0.39 is 10.0 Å². The summed E-state index contributed by atoms with van der Waals surface area (Å²) in [5.41, 5.74) is 0. The second kappa shape index (κ2) is 7.77. The van der Waals surface area contributed by atoms with Crippen LogP contribution in [0.2, 0.25) is 0 Å². The van der Waals surface area contributed by atoms with Crippen LogP contribution in [0.15, 0.2) is 29.2 Å². The molecule has 1 heterocycles. The van der Waals surface area contributed by atoms with Crippen LogP contribution in [0.1, 0.15) is 25.7 Å². The second-order valence-corrected chi connectivity index (χ2v) is 7.10. The average Bonchev–Trinajstić information content (AvgIpc) is 3.00. The Balaban J connectivity index is 1.72. The molecule has 118 valence electrons. The molecule has 1 N–H and O–H groups in total. The number of likely N-dealkylation sites (tertiary alicyclic amines) is 1. The van der Waals surface area contributed by atoms with Crippen molar-refractivity contribution < 1.29 is 13.2 Å². The van der Waals surface area contributed by atoms with Gasteiger partial charge in [0, 0.05) is 6.54 Å². The van der Waals surface area contributed by atoms with Crippen molar-refractivity contribution in [3.8, 4) is 5.75 Å². The van der Waals surface area contributed by atoms with Crippen LogP contribution in [0, 0.1) is 0 Å². The molecule has 1 aromatic rings. The number of ether oxygens (including phenoxy) is 1. The van der Waals surface area contributed by atoms with Gasteiger partial charge in [0.25, 0.3) is 0 Å². The third kappa shape index (κ3) is 4.98. The van der Waals surface area contributed by atoms with Gasteiger partial charge in [0.1, 0.15) is 5.75 Å². The van der Waals surface area contributed by atoms with E-state index in [1.807, 2.05) is 0 Å². The van der Waals surface area contributed by atoms with Crippen molar-refractivity contribution in [1.82, 2.24) is 9.62 Å². The maximum absolute atomic E-state index is 12.1. The van der Waals surface area contributed by atoms with Crippen molar-refractivity contribution in [3.05, 3.63) is 24.3 Å². The Morgan fingerprint density at radius 2 is 1.81 bits per heavy atom. The number of unbranched alkanes of at least 4 members (excludes halogenated alkanes) is 1. The molecule has 0 aromatic heterocycles. The third-order valence-electron chi connectivity index (χ3n) is 3.76. The van der Waals surface area contributed by atoms with E-state index in [2.05, 4.69) is 9.62 Å². The number of nitrogens with one attached hydrogen (secondary N) is 1. The first-order valence-corrected chi connectivity index (χ1v) is 8.96. The van der Waals surface area contributed by atoms with Crippen LogP contribution in [0.25, 0.3) is 0 Å². The molecule has 0 spiro atoms. The molecule has 0 aliphatic carbocycles. The van der Waals surface area contributed by atoms with Gasteiger partial charge in [-0.1, -0.05) is 0 Å². The Kier molecular flexibility index (Phi) is 6.02. The average molecular weight is 312 g/mol. The van der Waals surface area contributed by atoms with Crippen molar-refractivity contribution in [2.75, 3.05) is 33.3 Å². The Morgan fingerprint density at radius 3 is 2.43 bits per heavy atom. The molecule has 0 saturated carbocycles. The summed E-state index contributed by atoms with van der Waals surface area (Å²) >= 11 is 0. The van der Waals surface area contributed by atoms with E-state index in [-0.39, 0.29) is 4.90 Å². The van der Waals surface area contributed by atoms with Gasteiger partial charge < -0.3 is 9.64 Å². The van der Waals surface area contributed by atoms with E-state index in [0.717, 1.165) is 19.4 Å². The van der Waals surface area contributed by atoms with Crippen molar-refractivity contribution >= 4 is 10.0 Å². The van der Waals surface area contributed by atoms with E-state index in [1.165, 1.54) is 25.9 Å². The highest BCUT2D eigenvalue weighted by Crippen LogP contribution is 2.15. The van der Waals surface area contributed by atoms with Gasteiger partial charge in [-0.05, 0) is 69.6 Å². The topological polar surface area (TPSA) is 58.6 Å². The quantitative estimate of drug-likeness (QED) is 0.744. The van der Waals surface area contributed by atoms with Gasteiger partial charge in [-0.2, -0.15) is 0 Å². The van der Waals surface area contributed by atoms with Gasteiger partial charge in [0.15, 0.2) is 0 Å².